The van der Waals surface area contributed by atoms with E-state index in [1.54, 1.807) is 25.3 Å². The molecule has 4 heteroatoms. The molecule has 3 rings (SSSR count). The second-order valence-electron chi connectivity index (χ2n) is 5.12. The first-order valence-electron chi connectivity index (χ1n) is 6.46. The van der Waals surface area contributed by atoms with E-state index in [-0.39, 0.29) is 5.82 Å². The highest BCUT2D eigenvalue weighted by Gasteiger charge is 2.38. The van der Waals surface area contributed by atoms with E-state index in [1.807, 2.05) is 12.1 Å². The maximum Gasteiger partial charge on any atom is 0.124 e. The predicted molar refractivity (Wildman–Crippen MR) is 77.7 cm³/mol. The molecular formula is C16H15ClFNO. The minimum absolute atomic E-state index is 0.231. The van der Waals surface area contributed by atoms with E-state index in [2.05, 4.69) is 0 Å². The summed E-state index contributed by atoms with van der Waals surface area (Å²) in [6.45, 7) is 0. The Morgan fingerprint density at radius 1 is 1.20 bits per heavy atom. The van der Waals surface area contributed by atoms with Gasteiger partial charge in [-0.25, -0.2) is 4.39 Å². The molecule has 104 valence electrons. The number of aryl methyl sites for hydroxylation is 1. The van der Waals surface area contributed by atoms with Crippen molar-refractivity contribution in [3.05, 3.63) is 63.9 Å². The van der Waals surface area contributed by atoms with Crippen LogP contribution >= 0.6 is 11.6 Å². The largest absolute Gasteiger partial charge is 0.496 e. The minimum atomic E-state index is -0.681. The Bertz CT molecular complexity index is 674. The van der Waals surface area contributed by atoms with Gasteiger partial charge in [0.25, 0.3) is 0 Å². The lowest BCUT2D eigenvalue weighted by Gasteiger charge is -2.28. The number of hydrogen-bond acceptors (Lipinski definition) is 2. The van der Waals surface area contributed by atoms with Crippen molar-refractivity contribution in [3.63, 3.8) is 0 Å². The van der Waals surface area contributed by atoms with Gasteiger partial charge in [0, 0.05) is 10.6 Å². The normalized spacial score (nSPS) is 20.8. The standard InChI is InChI=1S/C16H15ClFNO/c1-20-15-5-2-11(17)9-14(15)16(19)7-6-10-8-12(18)3-4-13(10)16/h2-5,8-9H,6-7,19H2,1H3. The summed E-state index contributed by atoms with van der Waals surface area (Å²) < 4.78 is 18.7. The van der Waals surface area contributed by atoms with Crippen LogP contribution in [-0.4, -0.2) is 7.11 Å². The molecule has 0 amide bonds. The number of ether oxygens (including phenoxy) is 1. The number of halogens is 2. The van der Waals surface area contributed by atoms with E-state index < -0.39 is 5.54 Å². The summed E-state index contributed by atoms with van der Waals surface area (Å²) in [6, 6.07) is 10.2. The fraction of sp³-hybridized carbons (Fsp3) is 0.250. The van der Waals surface area contributed by atoms with Gasteiger partial charge in [-0.05, 0) is 54.3 Å². The summed E-state index contributed by atoms with van der Waals surface area (Å²) in [6.07, 6.45) is 1.46. The summed E-state index contributed by atoms with van der Waals surface area (Å²) >= 11 is 6.10. The third-order valence-corrected chi connectivity index (χ3v) is 4.21. The molecule has 0 aromatic heterocycles. The molecule has 2 aromatic carbocycles. The Balaban J connectivity index is 2.19. The highest BCUT2D eigenvalue weighted by atomic mass is 35.5. The van der Waals surface area contributed by atoms with Crippen molar-refractivity contribution in [2.24, 2.45) is 5.73 Å². The van der Waals surface area contributed by atoms with Crippen LogP contribution in [0.2, 0.25) is 5.02 Å². The molecule has 0 saturated carbocycles. The van der Waals surface area contributed by atoms with Crippen LogP contribution in [0.1, 0.15) is 23.1 Å². The van der Waals surface area contributed by atoms with E-state index in [9.17, 15) is 4.39 Å². The quantitative estimate of drug-likeness (QED) is 0.917. The van der Waals surface area contributed by atoms with Crippen molar-refractivity contribution in [2.75, 3.05) is 7.11 Å². The molecule has 2 N–H and O–H groups in total. The van der Waals surface area contributed by atoms with Gasteiger partial charge in [-0.1, -0.05) is 17.7 Å². The third kappa shape index (κ3) is 1.98. The SMILES string of the molecule is COc1ccc(Cl)cc1C1(N)CCc2cc(F)ccc21. The summed E-state index contributed by atoms with van der Waals surface area (Å²) in [5.74, 6) is 0.472. The number of benzene rings is 2. The second kappa shape index (κ2) is 4.76. The molecular weight excluding hydrogens is 277 g/mol. The fourth-order valence-electron chi connectivity index (χ4n) is 2.98. The van der Waals surface area contributed by atoms with Crippen LogP contribution in [0.5, 0.6) is 5.75 Å². The maximum atomic E-state index is 13.3. The van der Waals surface area contributed by atoms with Crippen LogP contribution in [0.4, 0.5) is 4.39 Å². The van der Waals surface area contributed by atoms with E-state index in [0.717, 1.165) is 23.1 Å². The fourth-order valence-corrected chi connectivity index (χ4v) is 3.15. The van der Waals surface area contributed by atoms with Gasteiger partial charge in [0.1, 0.15) is 11.6 Å². The van der Waals surface area contributed by atoms with Crippen molar-refractivity contribution in [2.45, 2.75) is 18.4 Å². The molecule has 1 atom stereocenters. The first kappa shape index (κ1) is 13.4. The van der Waals surface area contributed by atoms with E-state index >= 15 is 0 Å². The number of methoxy groups -OCH3 is 1. The molecule has 20 heavy (non-hydrogen) atoms. The second-order valence-corrected chi connectivity index (χ2v) is 5.55. The molecule has 0 fully saturated rings. The zero-order valence-electron chi connectivity index (χ0n) is 11.1. The minimum Gasteiger partial charge on any atom is -0.496 e. The zero-order valence-corrected chi connectivity index (χ0v) is 11.9. The van der Waals surface area contributed by atoms with Gasteiger partial charge in [-0.15, -0.1) is 0 Å². The lowest BCUT2D eigenvalue weighted by molar-refractivity contribution is 0.393. The Labute approximate surface area is 122 Å². The maximum absolute atomic E-state index is 13.3. The molecule has 2 nitrogen and oxygen atoms in total. The molecule has 0 aliphatic heterocycles. The van der Waals surface area contributed by atoms with Gasteiger partial charge >= 0.3 is 0 Å². The van der Waals surface area contributed by atoms with Crippen LogP contribution < -0.4 is 10.5 Å². The third-order valence-electron chi connectivity index (χ3n) is 3.98. The number of rotatable bonds is 2. The molecule has 1 aliphatic rings. The number of fused-ring (bicyclic) bond motifs is 1. The highest BCUT2D eigenvalue weighted by Crippen LogP contribution is 2.44. The van der Waals surface area contributed by atoms with Crippen LogP contribution in [0.3, 0.4) is 0 Å². The summed E-state index contributed by atoms with van der Waals surface area (Å²) in [5.41, 5.74) is 8.69. The zero-order chi connectivity index (χ0) is 14.3. The van der Waals surface area contributed by atoms with Crippen LogP contribution in [0, 0.1) is 5.82 Å². The molecule has 0 saturated heterocycles. The Morgan fingerprint density at radius 2 is 2.00 bits per heavy atom. The molecule has 0 spiro atoms. The first-order valence-corrected chi connectivity index (χ1v) is 6.84. The van der Waals surface area contributed by atoms with Gasteiger partial charge < -0.3 is 10.5 Å². The molecule has 0 heterocycles. The summed E-state index contributed by atoms with van der Waals surface area (Å²) in [7, 11) is 1.61. The topological polar surface area (TPSA) is 35.2 Å². The van der Waals surface area contributed by atoms with Crippen molar-refractivity contribution >= 4 is 11.6 Å². The lowest BCUT2D eigenvalue weighted by atomic mass is 9.84. The van der Waals surface area contributed by atoms with E-state index in [0.29, 0.717) is 17.2 Å². The van der Waals surface area contributed by atoms with Crippen LogP contribution in [0.15, 0.2) is 36.4 Å². The van der Waals surface area contributed by atoms with Gasteiger partial charge in [-0.3, -0.25) is 0 Å². The lowest BCUT2D eigenvalue weighted by Crippen LogP contribution is -2.35. The predicted octanol–water partition coefficient (Wildman–Crippen LogP) is 3.64. The van der Waals surface area contributed by atoms with Gasteiger partial charge in [0.2, 0.25) is 0 Å². The smallest absolute Gasteiger partial charge is 0.124 e. The number of hydrogen-bond donors (Lipinski definition) is 1. The molecule has 0 radical (unpaired) electrons. The van der Waals surface area contributed by atoms with Crippen LogP contribution in [-0.2, 0) is 12.0 Å². The average Bonchev–Trinajstić information content (AvgIpc) is 2.77. The van der Waals surface area contributed by atoms with Crippen LogP contribution in [0.25, 0.3) is 0 Å². The van der Waals surface area contributed by atoms with Gasteiger partial charge in [0.15, 0.2) is 0 Å². The molecule has 1 unspecified atom stereocenters. The summed E-state index contributed by atoms with van der Waals surface area (Å²) in [4.78, 5) is 0. The average molecular weight is 292 g/mol. The Hall–Kier alpha value is -1.58. The molecule has 0 bridgehead atoms. The van der Waals surface area contributed by atoms with E-state index in [1.165, 1.54) is 6.07 Å². The number of nitrogens with two attached hydrogens (primary N) is 1. The highest BCUT2D eigenvalue weighted by molar-refractivity contribution is 6.30. The van der Waals surface area contributed by atoms with Crippen molar-refractivity contribution in [3.8, 4) is 5.75 Å². The van der Waals surface area contributed by atoms with Crippen molar-refractivity contribution < 1.29 is 9.13 Å². The van der Waals surface area contributed by atoms with Crippen molar-refractivity contribution in [1.82, 2.24) is 0 Å². The monoisotopic (exact) mass is 291 g/mol. The molecule has 2 aromatic rings. The molecule has 1 aliphatic carbocycles. The van der Waals surface area contributed by atoms with Gasteiger partial charge in [-0.2, -0.15) is 0 Å². The summed E-state index contributed by atoms with van der Waals surface area (Å²) in [5, 5.41) is 0.612. The van der Waals surface area contributed by atoms with Crippen molar-refractivity contribution in [1.29, 1.82) is 0 Å². The van der Waals surface area contributed by atoms with Gasteiger partial charge in [0.05, 0.1) is 12.6 Å². The Kier molecular flexibility index (Phi) is 3.19. The Morgan fingerprint density at radius 3 is 2.75 bits per heavy atom. The first-order chi connectivity index (χ1) is 9.54. The van der Waals surface area contributed by atoms with E-state index in [4.69, 9.17) is 22.1 Å².